The molecule has 0 atom stereocenters. The third-order valence-corrected chi connectivity index (χ3v) is 1.09. The summed E-state index contributed by atoms with van der Waals surface area (Å²) in [5, 5.41) is 0. The predicted octanol–water partition coefficient (Wildman–Crippen LogP) is 2.60. The van der Waals surface area contributed by atoms with Gasteiger partial charge in [0.15, 0.2) is 0 Å². The Morgan fingerprint density at radius 1 is 1.50 bits per heavy atom. The Bertz CT molecular complexity index is 152. The summed E-state index contributed by atoms with van der Waals surface area (Å²) in [5.41, 5.74) is 1.08. The Balaban J connectivity index is 3.98. The van der Waals surface area contributed by atoms with Crippen molar-refractivity contribution in [3.63, 3.8) is 0 Å². The zero-order valence-electron chi connectivity index (χ0n) is 6.96. The van der Waals surface area contributed by atoms with Crippen molar-refractivity contribution in [2.75, 3.05) is 0 Å². The molecule has 1 nitrogen and oxygen atoms in total. The van der Waals surface area contributed by atoms with Crippen LogP contribution in [0, 0.1) is 0 Å². The predicted molar refractivity (Wildman–Crippen MR) is 47.6 cm³/mol. The minimum atomic E-state index is 0.370. The molecule has 0 saturated carbocycles. The molecule has 1 heteroatoms. The zero-order chi connectivity index (χ0) is 7.98. The largest absolute Gasteiger partial charge is 0.290 e. The molecule has 0 radical (unpaired) electrons. The fraction of sp³-hybridized carbons (Fsp3) is 0.444. The summed E-state index contributed by atoms with van der Waals surface area (Å²) in [5.74, 6) is 0. The first kappa shape index (κ1) is 9.15. The number of hydrogen-bond acceptors (Lipinski definition) is 1. The van der Waals surface area contributed by atoms with Crippen LogP contribution in [0.15, 0.2) is 29.3 Å². The van der Waals surface area contributed by atoms with Gasteiger partial charge in [-0.1, -0.05) is 18.7 Å². The van der Waals surface area contributed by atoms with Crippen LogP contribution >= 0.6 is 0 Å². The second-order valence-corrected chi connectivity index (χ2v) is 2.36. The summed E-state index contributed by atoms with van der Waals surface area (Å²) in [6, 6.07) is 0.370. The fourth-order valence-electron chi connectivity index (χ4n) is 0.480. The van der Waals surface area contributed by atoms with Crippen molar-refractivity contribution in [2.45, 2.75) is 26.8 Å². The molecule has 0 N–H and O–H groups in total. The molecular formula is C9H15N. The number of nitrogens with zero attached hydrogens (tertiary/aromatic N) is 1. The summed E-state index contributed by atoms with van der Waals surface area (Å²) in [7, 11) is 0. The second-order valence-electron chi connectivity index (χ2n) is 2.36. The third kappa shape index (κ3) is 4.07. The molecule has 0 aromatic heterocycles. The van der Waals surface area contributed by atoms with Crippen LogP contribution in [-0.4, -0.2) is 12.3 Å². The van der Waals surface area contributed by atoms with Gasteiger partial charge in [0.25, 0.3) is 0 Å². The van der Waals surface area contributed by atoms with Crippen LogP contribution in [0.1, 0.15) is 20.8 Å². The van der Waals surface area contributed by atoms with Crippen molar-refractivity contribution in [2.24, 2.45) is 4.99 Å². The molecule has 56 valence electrons. The van der Waals surface area contributed by atoms with E-state index >= 15 is 0 Å². The average molecular weight is 137 g/mol. The zero-order valence-corrected chi connectivity index (χ0v) is 6.96. The van der Waals surface area contributed by atoms with Crippen LogP contribution in [0.2, 0.25) is 0 Å². The van der Waals surface area contributed by atoms with E-state index in [1.54, 1.807) is 6.08 Å². The quantitative estimate of drug-likeness (QED) is 0.419. The van der Waals surface area contributed by atoms with Crippen LogP contribution in [0.5, 0.6) is 0 Å². The van der Waals surface area contributed by atoms with Gasteiger partial charge in [0.2, 0.25) is 0 Å². The topological polar surface area (TPSA) is 12.4 Å². The number of hydrogen-bond donors (Lipinski definition) is 0. The summed E-state index contributed by atoms with van der Waals surface area (Å²) in [6.07, 6.45) is 5.63. The number of rotatable bonds is 3. The molecule has 0 rings (SSSR count). The molecule has 0 spiro atoms. The summed E-state index contributed by atoms with van der Waals surface area (Å²) >= 11 is 0. The smallest absolute Gasteiger partial charge is 0.0443 e. The Hall–Kier alpha value is -0.850. The first-order valence-corrected chi connectivity index (χ1v) is 3.52. The van der Waals surface area contributed by atoms with Crippen LogP contribution in [0.25, 0.3) is 0 Å². The number of allylic oxidation sites excluding steroid dienone is 3. The molecule has 0 unspecified atom stereocenters. The highest BCUT2D eigenvalue weighted by Gasteiger charge is 1.84. The molecule has 0 aromatic carbocycles. The molecule has 0 heterocycles. The van der Waals surface area contributed by atoms with Crippen LogP contribution in [-0.2, 0) is 0 Å². The second kappa shape index (κ2) is 4.98. The van der Waals surface area contributed by atoms with E-state index in [0.717, 1.165) is 5.57 Å². The van der Waals surface area contributed by atoms with Gasteiger partial charge in [0, 0.05) is 12.3 Å². The molecule has 0 aliphatic carbocycles. The van der Waals surface area contributed by atoms with Crippen LogP contribution < -0.4 is 0 Å². The lowest BCUT2D eigenvalue weighted by Crippen LogP contribution is -1.89. The number of aliphatic imine (C=N–C) groups is 1. The van der Waals surface area contributed by atoms with E-state index in [1.807, 2.05) is 33.1 Å². The van der Waals surface area contributed by atoms with E-state index < -0.39 is 0 Å². The van der Waals surface area contributed by atoms with E-state index in [-0.39, 0.29) is 0 Å². The summed E-state index contributed by atoms with van der Waals surface area (Å²) < 4.78 is 0. The van der Waals surface area contributed by atoms with E-state index in [2.05, 4.69) is 11.6 Å². The van der Waals surface area contributed by atoms with Gasteiger partial charge in [-0.3, -0.25) is 4.99 Å². The Morgan fingerprint density at radius 2 is 2.10 bits per heavy atom. The maximum absolute atomic E-state index is 4.20. The van der Waals surface area contributed by atoms with Crippen molar-refractivity contribution < 1.29 is 0 Å². The Labute approximate surface area is 63.2 Å². The minimum absolute atomic E-state index is 0.370. The van der Waals surface area contributed by atoms with Gasteiger partial charge in [0.1, 0.15) is 0 Å². The lowest BCUT2D eigenvalue weighted by Gasteiger charge is -1.94. The van der Waals surface area contributed by atoms with Gasteiger partial charge in [-0.25, -0.2) is 0 Å². The van der Waals surface area contributed by atoms with Gasteiger partial charge in [-0.05, 0) is 26.3 Å². The van der Waals surface area contributed by atoms with Crippen molar-refractivity contribution in [3.05, 3.63) is 24.3 Å². The molecule has 0 saturated heterocycles. The molecule has 0 amide bonds. The normalized spacial score (nSPS) is 13.0. The van der Waals surface area contributed by atoms with Crippen LogP contribution in [0.4, 0.5) is 0 Å². The lowest BCUT2D eigenvalue weighted by molar-refractivity contribution is 0.841. The third-order valence-electron chi connectivity index (χ3n) is 1.09. The highest BCUT2D eigenvalue weighted by Crippen LogP contribution is 1.92. The monoisotopic (exact) mass is 137 g/mol. The SMILES string of the molecule is C=C/C(C=NC(C)C)=C\C. The first-order chi connectivity index (χ1) is 4.70. The lowest BCUT2D eigenvalue weighted by atomic mass is 10.3. The minimum Gasteiger partial charge on any atom is -0.290 e. The average Bonchev–Trinajstić information content (AvgIpc) is 1.90. The van der Waals surface area contributed by atoms with Gasteiger partial charge in [-0.2, -0.15) is 0 Å². The van der Waals surface area contributed by atoms with E-state index in [9.17, 15) is 0 Å². The molecule has 0 fully saturated rings. The van der Waals surface area contributed by atoms with Gasteiger partial charge in [-0.15, -0.1) is 0 Å². The van der Waals surface area contributed by atoms with Crippen molar-refractivity contribution in [1.29, 1.82) is 0 Å². The van der Waals surface area contributed by atoms with E-state index in [1.165, 1.54) is 0 Å². The van der Waals surface area contributed by atoms with Crippen molar-refractivity contribution in [3.8, 4) is 0 Å². The molecule has 0 aliphatic rings. The molecule has 0 aromatic rings. The molecule has 10 heavy (non-hydrogen) atoms. The van der Waals surface area contributed by atoms with Crippen molar-refractivity contribution in [1.82, 2.24) is 0 Å². The molecule has 0 aliphatic heterocycles. The highest BCUT2D eigenvalue weighted by molar-refractivity contribution is 5.81. The van der Waals surface area contributed by atoms with Crippen LogP contribution in [0.3, 0.4) is 0 Å². The van der Waals surface area contributed by atoms with Gasteiger partial charge < -0.3 is 0 Å². The molecular weight excluding hydrogens is 122 g/mol. The Kier molecular flexibility index (Phi) is 4.55. The molecule has 0 bridgehead atoms. The van der Waals surface area contributed by atoms with E-state index in [0.29, 0.717) is 6.04 Å². The highest BCUT2D eigenvalue weighted by atomic mass is 14.7. The van der Waals surface area contributed by atoms with Gasteiger partial charge >= 0.3 is 0 Å². The van der Waals surface area contributed by atoms with E-state index in [4.69, 9.17) is 0 Å². The maximum atomic E-state index is 4.20. The summed E-state index contributed by atoms with van der Waals surface area (Å²) in [6.45, 7) is 9.72. The first-order valence-electron chi connectivity index (χ1n) is 3.52. The fourth-order valence-corrected chi connectivity index (χ4v) is 0.480. The van der Waals surface area contributed by atoms with Gasteiger partial charge in [0.05, 0.1) is 0 Å². The standard InChI is InChI=1S/C9H15N/c1-5-9(6-2)7-10-8(3)4/h5-8H,1H2,2-4H3/b9-6+,10-7?. The Morgan fingerprint density at radius 3 is 2.40 bits per heavy atom. The summed E-state index contributed by atoms with van der Waals surface area (Å²) in [4.78, 5) is 4.20. The van der Waals surface area contributed by atoms with Crippen molar-refractivity contribution >= 4 is 6.21 Å². The maximum Gasteiger partial charge on any atom is 0.0443 e.